The summed E-state index contributed by atoms with van der Waals surface area (Å²) in [7, 11) is 0. The van der Waals surface area contributed by atoms with Gasteiger partial charge in [-0.3, -0.25) is 4.98 Å². The second kappa shape index (κ2) is 8.05. The van der Waals surface area contributed by atoms with Crippen LogP contribution >= 0.6 is 0 Å². The molecule has 3 heterocycles. The van der Waals surface area contributed by atoms with Gasteiger partial charge in [0.15, 0.2) is 11.5 Å². The number of aromatic nitrogens is 4. The molecule has 0 aliphatic heterocycles. The Bertz CT molecular complexity index is 1270. The number of nitrogens with one attached hydrogen (secondary N) is 1. The molecule has 5 aromatic rings. The van der Waals surface area contributed by atoms with E-state index in [2.05, 4.69) is 15.3 Å². The number of pyridine rings is 1. The lowest BCUT2D eigenvalue weighted by molar-refractivity contribution is 0.308. The van der Waals surface area contributed by atoms with E-state index in [-0.39, 0.29) is 0 Å². The minimum absolute atomic E-state index is 0.500. The number of nitrogens with zero attached hydrogens (tertiary/aromatic N) is 4. The molecule has 2 aromatic carbocycles. The lowest BCUT2D eigenvalue weighted by Gasteiger charge is -2.13. The third-order valence-corrected chi connectivity index (χ3v) is 4.73. The number of ether oxygens (including phenoxy) is 1. The van der Waals surface area contributed by atoms with Crippen molar-refractivity contribution in [2.45, 2.75) is 6.61 Å². The van der Waals surface area contributed by atoms with E-state index in [1.807, 2.05) is 89.6 Å². The van der Waals surface area contributed by atoms with E-state index < -0.39 is 0 Å². The summed E-state index contributed by atoms with van der Waals surface area (Å²) in [6.45, 7) is 0.500. The van der Waals surface area contributed by atoms with Gasteiger partial charge in [0.05, 0.1) is 17.6 Å². The lowest BCUT2D eigenvalue weighted by atomic mass is 10.2. The van der Waals surface area contributed by atoms with Crippen LogP contribution in [0.25, 0.3) is 16.9 Å². The van der Waals surface area contributed by atoms with Crippen molar-refractivity contribution < 1.29 is 4.74 Å². The highest BCUT2D eigenvalue weighted by Gasteiger charge is 2.10. The zero-order valence-electron chi connectivity index (χ0n) is 16.1. The molecule has 0 unspecified atom stereocenters. The van der Waals surface area contributed by atoms with E-state index >= 15 is 0 Å². The zero-order valence-corrected chi connectivity index (χ0v) is 16.1. The molecular formula is C24H19N5O. The molecule has 6 heteroatoms. The van der Waals surface area contributed by atoms with Crippen molar-refractivity contribution in [3.8, 4) is 17.0 Å². The summed E-state index contributed by atoms with van der Waals surface area (Å²) < 4.78 is 7.87. The first-order chi connectivity index (χ1) is 14.9. The van der Waals surface area contributed by atoms with Gasteiger partial charge in [-0.1, -0.05) is 42.5 Å². The van der Waals surface area contributed by atoms with Crippen LogP contribution in [0.3, 0.4) is 0 Å². The molecule has 0 bridgehead atoms. The number of fused-ring (bicyclic) bond motifs is 1. The summed E-state index contributed by atoms with van der Waals surface area (Å²) in [5, 5.41) is 8.11. The van der Waals surface area contributed by atoms with Crippen molar-refractivity contribution in [3.63, 3.8) is 0 Å². The number of rotatable bonds is 6. The maximum atomic E-state index is 6.04. The Kier molecular flexibility index (Phi) is 4.79. The second-order valence-electron chi connectivity index (χ2n) is 6.76. The quantitative estimate of drug-likeness (QED) is 0.434. The van der Waals surface area contributed by atoms with Gasteiger partial charge in [-0.25, -0.2) is 9.50 Å². The Balaban J connectivity index is 1.42. The molecule has 0 saturated heterocycles. The van der Waals surface area contributed by atoms with Crippen molar-refractivity contribution in [1.29, 1.82) is 0 Å². The van der Waals surface area contributed by atoms with Crippen molar-refractivity contribution in [2.24, 2.45) is 0 Å². The van der Waals surface area contributed by atoms with Gasteiger partial charge in [-0.05, 0) is 42.0 Å². The van der Waals surface area contributed by atoms with Gasteiger partial charge in [0.1, 0.15) is 12.4 Å². The van der Waals surface area contributed by atoms with E-state index in [1.54, 1.807) is 12.4 Å². The third kappa shape index (κ3) is 3.71. The van der Waals surface area contributed by atoms with Crippen molar-refractivity contribution >= 4 is 17.2 Å². The lowest BCUT2D eigenvalue weighted by Crippen LogP contribution is -2.02. The summed E-state index contributed by atoms with van der Waals surface area (Å²) in [6, 6.07) is 25.7. The SMILES string of the molecule is c1ccc(COc2ccccc2Nc2ccc3ncc(-c4ccncc4)n3n2)cc1. The van der Waals surface area contributed by atoms with Crippen molar-refractivity contribution in [2.75, 3.05) is 5.32 Å². The molecule has 0 radical (unpaired) electrons. The summed E-state index contributed by atoms with van der Waals surface area (Å²) in [4.78, 5) is 8.53. The monoisotopic (exact) mass is 393 g/mol. The molecule has 1 N–H and O–H groups in total. The van der Waals surface area contributed by atoms with Crippen LogP contribution in [0.4, 0.5) is 11.5 Å². The van der Waals surface area contributed by atoms with E-state index in [1.165, 1.54) is 0 Å². The van der Waals surface area contributed by atoms with Gasteiger partial charge in [-0.15, -0.1) is 5.10 Å². The van der Waals surface area contributed by atoms with E-state index in [0.717, 1.165) is 33.9 Å². The molecule has 6 nitrogen and oxygen atoms in total. The number of hydrogen-bond donors (Lipinski definition) is 1. The average molecular weight is 393 g/mol. The zero-order chi connectivity index (χ0) is 20.2. The first-order valence-electron chi connectivity index (χ1n) is 9.65. The molecule has 0 fully saturated rings. The predicted octanol–water partition coefficient (Wildman–Crippen LogP) is 5.11. The molecule has 0 amide bonds. The molecule has 146 valence electrons. The number of para-hydroxylation sites is 2. The van der Waals surface area contributed by atoms with Crippen LogP contribution in [0.1, 0.15) is 5.56 Å². The normalized spacial score (nSPS) is 10.8. The van der Waals surface area contributed by atoms with Gasteiger partial charge in [-0.2, -0.15) is 0 Å². The molecule has 0 saturated carbocycles. The number of benzene rings is 2. The van der Waals surface area contributed by atoms with E-state index in [0.29, 0.717) is 12.4 Å². The highest BCUT2D eigenvalue weighted by Crippen LogP contribution is 2.28. The van der Waals surface area contributed by atoms with Gasteiger partial charge < -0.3 is 10.1 Å². The molecule has 5 rings (SSSR count). The second-order valence-corrected chi connectivity index (χ2v) is 6.76. The minimum Gasteiger partial charge on any atom is -0.487 e. The van der Waals surface area contributed by atoms with Crippen LogP contribution in [0.2, 0.25) is 0 Å². The maximum absolute atomic E-state index is 6.04. The topological polar surface area (TPSA) is 64.3 Å². The fourth-order valence-electron chi connectivity index (χ4n) is 3.23. The van der Waals surface area contributed by atoms with Gasteiger partial charge in [0.25, 0.3) is 0 Å². The third-order valence-electron chi connectivity index (χ3n) is 4.73. The first-order valence-corrected chi connectivity index (χ1v) is 9.65. The molecular weight excluding hydrogens is 374 g/mol. The average Bonchev–Trinajstić information content (AvgIpc) is 3.23. The smallest absolute Gasteiger partial charge is 0.154 e. The van der Waals surface area contributed by atoms with Crippen LogP contribution in [0.5, 0.6) is 5.75 Å². The number of imidazole rings is 1. The molecule has 30 heavy (non-hydrogen) atoms. The summed E-state index contributed by atoms with van der Waals surface area (Å²) in [6.07, 6.45) is 5.34. The number of hydrogen-bond acceptors (Lipinski definition) is 5. The fraction of sp³-hybridized carbons (Fsp3) is 0.0417. The van der Waals surface area contributed by atoms with E-state index in [4.69, 9.17) is 9.84 Å². The maximum Gasteiger partial charge on any atom is 0.154 e. The van der Waals surface area contributed by atoms with Crippen molar-refractivity contribution in [1.82, 2.24) is 19.6 Å². The molecule has 0 spiro atoms. The Morgan fingerprint density at radius 3 is 2.50 bits per heavy atom. The standard InChI is InChI=1S/C24H19N5O/c1-2-6-18(7-3-1)17-30-22-9-5-4-8-20(22)27-23-10-11-24-26-16-21(29(24)28-23)19-12-14-25-15-13-19/h1-16H,17H2,(H,27,28). The summed E-state index contributed by atoms with van der Waals surface area (Å²) in [5.41, 5.74) is 4.66. The van der Waals surface area contributed by atoms with Crippen LogP contribution in [-0.4, -0.2) is 19.6 Å². The van der Waals surface area contributed by atoms with Gasteiger partial charge in [0.2, 0.25) is 0 Å². The predicted molar refractivity (Wildman–Crippen MR) is 117 cm³/mol. The Labute approximate surface area is 173 Å². The van der Waals surface area contributed by atoms with Crippen LogP contribution in [-0.2, 0) is 6.61 Å². The van der Waals surface area contributed by atoms with Crippen LogP contribution in [0, 0.1) is 0 Å². The van der Waals surface area contributed by atoms with Gasteiger partial charge >= 0.3 is 0 Å². The molecule has 0 aliphatic rings. The Morgan fingerprint density at radius 1 is 0.833 bits per heavy atom. The van der Waals surface area contributed by atoms with E-state index in [9.17, 15) is 0 Å². The largest absolute Gasteiger partial charge is 0.487 e. The molecule has 3 aromatic heterocycles. The summed E-state index contributed by atoms with van der Waals surface area (Å²) in [5.74, 6) is 1.47. The number of anilines is 2. The Morgan fingerprint density at radius 2 is 1.63 bits per heavy atom. The fourth-order valence-corrected chi connectivity index (χ4v) is 3.23. The van der Waals surface area contributed by atoms with Crippen molar-refractivity contribution in [3.05, 3.63) is 103 Å². The molecule has 0 atom stereocenters. The van der Waals surface area contributed by atoms with Crippen LogP contribution < -0.4 is 10.1 Å². The van der Waals surface area contributed by atoms with Gasteiger partial charge in [0, 0.05) is 18.0 Å². The highest BCUT2D eigenvalue weighted by molar-refractivity contribution is 5.66. The highest BCUT2D eigenvalue weighted by atomic mass is 16.5. The minimum atomic E-state index is 0.500. The summed E-state index contributed by atoms with van der Waals surface area (Å²) >= 11 is 0. The molecule has 0 aliphatic carbocycles. The first kappa shape index (κ1) is 17.9. The Hall–Kier alpha value is -4.19. The van der Waals surface area contributed by atoms with Crippen LogP contribution in [0.15, 0.2) is 97.5 Å².